The Hall–Kier alpha value is -1.10. The van der Waals surface area contributed by atoms with E-state index in [-0.39, 0.29) is 20.7 Å². The van der Waals surface area contributed by atoms with E-state index >= 15 is 0 Å². The molecular weight excluding hydrogens is 371 g/mol. The first-order valence-corrected chi connectivity index (χ1v) is 9.18. The number of Topliss-reactive ketones (excluding diaryl/α,β-unsaturated/α-hetero) is 2. The molecule has 0 radical (unpaired) electrons. The number of imidazole rings is 1. The van der Waals surface area contributed by atoms with Crippen molar-refractivity contribution in [3.8, 4) is 0 Å². The van der Waals surface area contributed by atoms with Gasteiger partial charge in [0.15, 0.2) is 0 Å². The van der Waals surface area contributed by atoms with Crippen molar-refractivity contribution in [2.45, 2.75) is 52.0 Å². The van der Waals surface area contributed by atoms with Crippen LogP contribution in [0.2, 0.25) is 0 Å². The maximum Gasteiger partial charge on any atom is 0.218 e. The van der Waals surface area contributed by atoms with Gasteiger partial charge in [0, 0.05) is 18.9 Å². The Balaban J connectivity index is 2.12. The highest BCUT2D eigenvalue weighted by Crippen LogP contribution is 2.35. The molecule has 1 heterocycles. The molecule has 0 spiro atoms. The molecule has 1 aromatic rings. The van der Waals surface area contributed by atoms with Gasteiger partial charge in [0.05, 0.1) is 5.57 Å². The van der Waals surface area contributed by atoms with Gasteiger partial charge in [-0.25, -0.2) is 4.98 Å². The molecule has 1 aromatic heterocycles. The third kappa shape index (κ3) is 4.11. The molecule has 1 aliphatic carbocycles. The molecule has 7 heteroatoms. The quantitative estimate of drug-likeness (QED) is 0.462. The van der Waals surface area contributed by atoms with Crippen molar-refractivity contribution >= 4 is 51.9 Å². The summed E-state index contributed by atoms with van der Waals surface area (Å²) in [6.45, 7) is 2.88. The number of carbonyl (C=O) groups is 2. The number of hydrogen-bond donors (Lipinski definition) is 0. The van der Waals surface area contributed by atoms with Gasteiger partial charge in [0.2, 0.25) is 11.6 Å². The predicted molar refractivity (Wildman–Crippen MR) is 97.1 cm³/mol. The van der Waals surface area contributed by atoms with E-state index in [2.05, 4.69) is 11.9 Å². The van der Waals surface area contributed by atoms with Crippen LogP contribution in [-0.2, 0) is 16.1 Å². The van der Waals surface area contributed by atoms with Gasteiger partial charge in [-0.05, 0) is 6.42 Å². The second-order valence-electron chi connectivity index (χ2n) is 5.69. The highest BCUT2D eigenvalue weighted by Gasteiger charge is 2.35. The van der Waals surface area contributed by atoms with Crippen LogP contribution in [0.5, 0.6) is 0 Å². The first-order chi connectivity index (χ1) is 11.5. The first-order valence-electron chi connectivity index (χ1n) is 8.05. The molecule has 0 bridgehead atoms. The lowest BCUT2D eigenvalue weighted by Gasteiger charge is -2.15. The monoisotopic (exact) mass is 388 g/mol. The molecule has 2 rings (SSSR count). The van der Waals surface area contributed by atoms with Gasteiger partial charge in [-0.2, -0.15) is 0 Å². The average Bonchev–Trinajstić information content (AvgIpc) is 3.03. The Kier molecular flexibility index (Phi) is 7.08. The van der Waals surface area contributed by atoms with Crippen LogP contribution < -0.4 is 0 Å². The van der Waals surface area contributed by atoms with Crippen molar-refractivity contribution in [1.82, 2.24) is 9.55 Å². The number of carbonyl (C=O) groups excluding carboxylic acids is 2. The lowest BCUT2D eigenvalue weighted by molar-refractivity contribution is -0.114. The van der Waals surface area contributed by atoms with Crippen LogP contribution in [-0.4, -0.2) is 21.1 Å². The molecule has 0 saturated heterocycles. The Morgan fingerprint density at radius 3 is 2.25 bits per heavy atom. The smallest absolute Gasteiger partial charge is 0.218 e. The summed E-state index contributed by atoms with van der Waals surface area (Å²) in [5, 5.41) is -0.885. The predicted octanol–water partition coefficient (Wildman–Crippen LogP) is 5.03. The lowest BCUT2D eigenvalue weighted by atomic mass is 10.0. The molecule has 0 aliphatic heterocycles. The van der Waals surface area contributed by atoms with Gasteiger partial charge in [-0.3, -0.25) is 9.59 Å². The summed E-state index contributed by atoms with van der Waals surface area (Å²) in [6.07, 6.45) is 10.3. The molecule has 0 atom stereocenters. The summed E-state index contributed by atoms with van der Waals surface area (Å²) in [5.74, 6) is -0.858. The highest BCUT2D eigenvalue weighted by molar-refractivity contribution is 6.68. The minimum Gasteiger partial charge on any atom is -0.331 e. The third-order valence-electron chi connectivity index (χ3n) is 3.93. The normalized spacial score (nSPS) is 15.7. The number of aryl methyl sites for hydroxylation is 1. The molecule has 0 aromatic carbocycles. The number of allylic oxidation sites excluding steroid dienone is 4. The van der Waals surface area contributed by atoms with E-state index in [1.54, 1.807) is 12.4 Å². The van der Waals surface area contributed by atoms with Crippen molar-refractivity contribution in [3.63, 3.8) is 0 Å². The fourth-order valence-electron chi connectivity index (χ4n) is 2.60. The van der Waals surface area contributed by atoms with Crippen molar-refractivity contribution in [3.05, 3.63) is 33.3 Å². The molecule has 0 amide bonds. The van der Waals surface area contributed by atoms with Crippen molar-refractivity contribution in [1.29, 1.82) is 0 Å². The molecule has 130 valence electrons. The fraction of sp³-hybridized carbons (Fsp3) is 0.471. The largest absolute Gasteiger partial charge is 0.331 e. The minimum absolute atomic E-state index is 0.0204. The fourth-order valence-corrected chi connectivity index (χ4v) is 3.27. The highest BCUT2D eigenvalue weighted by atomic mass is 35.5. The van der Waals surface area contributed by atoms with Gasteiger partial charge in [-0.15, -0.1) is 0 Å². The Labute approximate surface area is 156 Å². The van der Waals surface area contributed by atoms with Crippen molar-refractivity contribution in [2.24, 2.45) is 0 Å². The molecule has 24 heavy (non-hydrogen) atoms. The zero-order valence-corrected chi connectivity index (χ0v) is 15.7. The van der Waals surface area contributed by atoms with Crippen LogP contribution in [0, 0.1) is 0 Å². The van der Waals surface area contributed by atoms with Crippen LogP contribution >= 0.6 is 34.8 Å². The molecule has 0 saturated carbocycles. The van der Waals surface area contributed by atoms with E-state index < -0.39 is 11.6 Å². The number of nitrogens with zero attached hydrogens (tertiary/aromatic N) is 2. The Morgan fingerprint density at radius 2 is 1.54 bits per heavy atom. The third-order valence-corrected chi connectivity index (χ3v) is 5.11. The number of aromatic nitrogens is 2. The van der Waals surface area contributed by atoms with Crippen molar-refractivity contribution in [2.75, 3.05) is 0 Å². The molecule has 1 aliphatic rings. The van der Waals surface area contributed by atoms with Crippen LogP contribution in [0.4, 0.5) is 0 Å². The van der Waals surface area contributed by atoms with E-state index in [1.165, 1.54) is 25.7 Å². The van der Waals surface area contributed by atoms with Crippen LogP contribution in [0.1, 0.15) is 51.3 Å². The topological polar surface area (TPSA) is 52.0 Å². The van der Waals surface area contributed by atoms with E-state index in [0.29, 0.717) is 12.4 Å². The SMILES string of the molecule is CCCCCCCCn1ccnc1C1=C(Cl)C(=O)C(Cl)=C(Cl)C1=O. The lowest BCUT2D eigenvalue weighted by Crippen LogP contribution is -2.19. The standard InChI is InChI=1S/C17H19Cl3N2O2/c1-2-3-4-5-6-7-9-22-10-8-21-17(22)11-12(18)16(24)14(20)13(19)15(11)23/h8,10H,2-7,9H2,1H3. The first kappa shape index (κ1) is 19.2. The van der Waals surface area contributed by atoms with Gasteiger partial charge in [0.1, 0.15) is 20.9 Å². The average molecular weight is 390 g/mol. The van der Waals surface area contributed by atoms with Crippen LogP contribution in [0.25, 0.3) is 5.57 Å². The molecule has 0 unspecified atom stereocenters. The summed E-state index contributed by atoms with van der Waals surface area (Å²) in [6, 6.07) is 0. The molecule has 0 fully saturated rings. The number of rotatable bonds is 8. The Bertz CT molecular complexity index is 704. The number of halogens is 3. The molecule has 0 N–H and O–H groups in total. The Morgan fingerprint density at radius 1 is 0.917 bits per heavy atom. The van der Waals surface area contributed by atoms with Crippen LogP contribution in [0.3, 0.4) is 0 Å². The zero-order chi connectivity index (χ0) is 17.7. The second kappa shape index (κ2) is 8.84. The van der Waals surface area contributed by atoms with E-state index in [4.69, 9.17) is 34.8 Å². The molecular formula is C17H19Cl3N2O2. The summed E-state index contributed by atoms with van der Waals surface area (Å²) in [4.78, 5) is 28.6. The second-order valence-corrected chi connectivity index (χ2v) is 6.82. The van der Waals surface area contributed by atoms with E-state index in [1.807, 2.05) is 4.57 Å². The maximum atomic E-state index is 12.4. The van der Waals surface area contributed by atoms with Crippen LogP contribution in [0.15, 0.2) is 27.5 Å². The summed E-state index contributed by atoms with van der Waals surface area (Å²) >= 11 is 17.7. The minimum atomic E-state index is -0.646. The summed E-state index contributed by atoms with van der Waals surface area (Å²) in [7, 11) is 0. The van der Waals surface area contributed by atoms with Gasteiger partial charge < -0.3 is 4.57 Å². The van der Waals surface area contributed by atoms with E-state index in [9.17, 15) is 9.59 Å². The van der Waals surface area contributed by atoms with E-state index in [0.717, 1.165) is 12.8 Å². The zero-order valence-electron chi connectivity index (χ0n) is 13.4. The van der Waals surface area contributed by atoms with Gasteiger partial charge in [0.25, 0.3) is 0 Å². The number of unbranched alkanes of at least 4 members (excludes halogenated alkanes) is 5. The summed E-state index contributed by atoms with van der Waals surface area (Å²) < 4.78 is 1.83. The maximum absolute atomic E-state index is 12.4. The summed E-state index contributed by atoms with van der Waals surface area (Å²) in [5.41, 5.74) is 0.0204. The number of ketones is 2. The molecule has 4 nitrogen and oxygen atoms in total. The number of hydrogen-bond acceptors (Lipinski definition) is 3. The van der Waals surface area contributed by atoms with Gasteiger partial charge >= 0.3 is 0 Å². The van der Waals surface area contributed by atoms with Crippen molar-refractivity contribution < 1.29 is 9.59 Å². The van der Waals surface area contributed by atoms with Gasteiger partial charge in [-0.1, -0.05) is 73.8 Å².